The van der Waals surface area contributed by atoms with E-state index in [1.807, 2.05) is 0 Å². The summed E-state index contributed by atoms with van der Waals surface area (Å²) in [7, 11) is 3.25. The quantitative estimate of drug-likeness (QED) is 0.873. The molecule has 0 radical (unpaired) electrons. The van der Waals surface area contributed by atoms with Crippen molar-refractivity contribution in [1.82, 2.24) is 0 Å². The summed E-state index contributed by atoms with van der Waals surface area (Å²) < 4.78 is 4.25. The molecule has 0 aliphatic carbocycles. The molecule has 0 bridgehead atoms. The highest BCUT2D eigenvalue weighted by molar-refractivity contribution is 6.14. The van der Waals surface area contributed by atoms with Gasteiger partial charge in [0.1, 0.15) is 0 Å². The molecule has 0 atom stereocenters. The maximum atomic E-state index is 12.1. The molecule has 0 saturated carbocycles. The second-order valence-corrected chi connectivity index (χ2v) is 3.95. The number of carbonyl (C=O) groups excluding carboxylic acids is 1. The summed E-state index contributed by atoms with van der Waals surface area (Å²) >= 11 is 0. The molecule has 104 valence electrons. The zero-order valence-electron chi connectivity index (χ0n) is 11.4. The van der Waals surface area contributed by atoms with Gasteiger partial charge in [-0.1, -0.05) is 48.5 Å². The number of hydrogen-bond acceptors (Lipinski definition) is 3. The Kier molecular flexibility index (Phi) is 6.13. The lowest BCUT2D eigenvalue weighted by Crippen LogP contribution is -2.09. The predicted octanol–water partition coefficient (Wildman–Crippen LogP) is 2.88. The van der Waals surface area contributed by atoms with Crippen LogP contribution in [0.4, 0.5) is 0 Å². The minimum absolute atomic E-state index is 0.0290. The maximum absolute atomic E-state index is 12.1. The van der Waals surface area contributed by atoms with Crippen molar-refractivity contribution >= 4 is 11.8 Å². The van der Waals surface area contributed by atoms with E-state index in [0.717, 1.165) is 0 Å². The van der Waals surface area contributed by atoms with Crippen LogP contribution in [0.25, 0.3) is 0 Å². The standard InChI is InChI=1S/C14H10O3.C2H6O/c15-13(10-6-2-1-3-7-10)11-8-4-5-9-12(11)14(16)17;1-3-2/h1-9H,(H,16,17);1-2H3. The second-order valence-electron chi connectivity index (χ2n) is 3.95. The van der Waals surface area contributed by atoms with E-state index in [-0.39, 0.29) is 16.9 Å². The fraction of sp³-hybridized carbons (Fsp3) is 0.125. The van der Waals surface area contributed by atoms with Gasteiger partial charge in [0.2, 0.25) is 0 Å². The first-order valence-corrected chi connectivity index (χ1v) is 5.94. The van der Waals surface area contributed by atoms with E-state index in [4.69, 9.17) is 5.11 Å². The molecule has 2 rings (SSSR count). The number of methoxy groups -OCH3 is 1. The van der Waals surface area contributed by atoms with Crippen molar-refractivity contribution in [2.24, 2.45) is 0 Å². The topological polar surface area (TPSA) is 63.6 Å². The third kappa shape index (κ3) is 4.03. The van der Waals surface area contributed by atoms with Gasteiger partial charge in [0.25, 0.3) is 0 Å². The number of carboxylic acids is 1. The molecule has 2 aromatic carbocycles. The highest BCUT2D eigenvalue weighted by Crippen LogP contribution is 2.14. The van der Waals surface area contributed by atoms with Gasteiger partial charge in [-0.3, -0.25) is 4.79 Å². The Bertz CT molecular complexity index is 576. The van der Waals surface area contributed by atoms with Gasteiger partial charge in [-0.2, -0.15) is 0 Å². The number of benzene rings is 2. The van der Waals surface area contributed by atoms with E-state index in [1.165, 1.54) is 12.1 Å². The van der Waals surface area contributed by atoms with E-state index in [2.05, 4.69) is 4.74 Å². The molecule has 0 saturated heterocycles. The van der Waals surface area contributed by atoms with Gasteiger partial charge < -0.3 is 9.84 Å². The van der Waals surface area contributed by atoms with Crippen LogP contribution in [0.3, 0.4) is 0 Å². The second kappa shape index (κ2) is 7.86. The van der Waals surface area contributed by atoms with Crippen LogP contribution < -0.4 is 0 Å². The Morgan fingerprint density at radius 2 is 1.30 bits per heavy atom. The van der Waals surface area contributed by atoms with Crippen LogP contribution in [0.15, 0.2) is 54.6 Å². The SMILES string of the molecule is COC.O=C(O)c1ccccc1C(=O)c1ccccc1. The summed E-state index contributed by atoms with van der Waals surface area (Å²) in [5, 5.41) is 9.01. The molecule has 0 spiro atoms. The molecule has 0 fully saturated rings. The van der Waals surface area contributed by atoms with Crippen molar-refractivity contribution in [3.05, 3.63) is 71.3 Å². The van der Waals surface area contributed by atoms with Crippen LogP contribution >= 0.6 is 0 Å². The minimum atomic E-state index is -1.09. The third-order valence-corrected chi connectivity index (χ3v) is 2.44. The summed E-state index contributed by atoms with van der Waals surface area (Å²) in [5.74, 6) is -1.37. The third-order valence-electron chi connectivity index (χ3n) is 2.44. The molecule has 4 heteroatoms. The molecule has 0 unspecified atom stereocenters. The Labute approximate surface area is 117 Å². The highest BCUT2D eigenvalue weighted by atomic mass is 16.4. The van der Waals surface area contributed by atoms with Crippen molar-refractivity contribution < 1.29 is 19.4 Å². The van der Waals surface area contributed by atoms with E-state index in [9.17, 15) is 9.59 Å². The van der Waals surface area contributed by atoms with Crippen LogP contribution in [-0.4, -0.2) is 31.1 Å². The first kappa shape index (κ1) is 15.6. The zero-order valence-corrected chi connectivity index (χ0v) is 11.4. The normalized spacial score (nSPS) is 9.30. The summed E-state index contributed by atoms with van der Waals surface area (Å²) in [4.78, 5) is 23.1. The fourth-order valence-electron chi connectivity index (χ4n) is 1.61. The molecule has 0 aliphatic heterocycles. The van der Waals surface area contributed by atoms with Crippen molar-refractivity contribution in [3.63, 3.8) is 0 Å². The molecule has 1 N–H and O–H groups in total. The lowest BCUT2D eigenvalue weighted by molar-refractivity contribution is 0.0693. The Morgan fingerprint density at radius 3 is 1.80 bits per heavy atom. The number of hydrogen-bond donors (Lipinski definition) is 1. The predicted molar refractivity (Wildman–Crippen MR) is 76.2 cm³/mol. The first-order valence-electron chi connectivity index (χ1n) is 5.94. The molecule has 0 heterocycles. The summed E-state index contributed by atoms with van der Waals surface area (Å²) in [6.45, 7) is 0. The van der Waals surface area contributed by atoms with Gasteiger partial charge in [0.15, 0.2) is 5.78 Å². The van der Waals surface area contributed by atoms with E-state index >= 15 is 0 Å². The number of carboxylic acid groups (broad SMARTS) is 1. The number of rotatable bonds is 3. The van der Waals surface area contributed by atoms with E-state index in [1.54, 1.807) is 56.7 Å². The van der Waals surface area contributed by atoms with Gasteiger partial charge in [0.05, 0.1) is 5.56 Å². The number of ketones is 1. The van der Waals surface area contributed by atoms with Crippen LogP contribution in [0.1, 0.15) is 26.3 Å². The molecule has 2 aromatic rings. The first-order chi connectivity index (χ1) is 9.61. The summed E-state index contributed by atoms with van der Waals surface area (Å²) in [6.07, 6.45) is 0. The molecule has 0 aliphatic rings. The summed E-state index contributed by atoms with van der Waals surface area (Å²) in [5.41, 5.74) is 0.730. The molecular weight excluding hydrogens is 256 g/mol. The van der Waals surface area contributed by atoms with Crippen LogP contribution in [0.2, 0.25) is 0 Å². The Hall–Kier alpha value is -2.46. The molecule has 0 amide bonds. The van der Waals surface area contributed by atoms with Crippen molar-refractivity contribution in [1.29, 1.82) is 0 Å². The number of aromatic carboxylic acids is 1. The minimum Gasteiger partial charge on any atom is -0.478 e. The van der Waals surface area contributed by atoms with Gasteiger partial charge in [-0.05, 0) is 6.07 Å². The van der Waals surface area contributed by atoms with Gasteiger partial charge >= 0.3 is 5.97 Å². The van der Waals surface area contributed by atoms with Crippen LogP contribution in [0, 0.1) is 0 Å². The van der Waals surface area contributed by atoms with Crippen molar-refractivity contribution in [2.45, 2.75) is 0 Å². The van der Waals surface area contributed by atoms with Crippen LogP contribution in [0.5, 0.6) is 0 Å². The van der Waals surface area contributed by atoms with Gasteiger partial charge in [-0.25, -0.2) is 4.79 Å². The average molecular weight is 272 g/mol. The monoisotopic (exact) mass is 272 g/mol. The largest absolute Gasteiger partial charge is 0.478 e. The van der Waals surface area contributed by atoms with Crippen molar-refractivity contribution in [3.8, 4) is 0 Å². The van der Waals surface area contributed by atoms with Gasteiger partial charge in [-0.15, -0.1) is 0 Å². The number of carbonyl (C=O) groups is 2. The Morgan fingerprint density at radius 1 is 0.850 bits per heavy atom. The molecule has 20 heavy (non-hydrogen) atoms. The smallest absolute Gasteiger partial charge is 0.336 e. The number of ether oxygens (including phenoxy) is 1. The lowest BCUT2D eigenvalue weighted by Gasteiger charge is -2.04. The van der Waals surface area contributed by atoms with Crippen LogP contribution in [-0.2, 0) is 4.74 Å². The molecular formula is C16H16O4. The van der Waals surface area contributed by atoms with Gasteiger partial charge in [0, 0.05) is 25.3 Å². The molecule has 0 aromatic heterocycles. The zero-order chi connectivity index (χ0) is 15.0. The van der Waals surface area contributed by atoms with Crippen molar-refractivity contribution in [2.75, 3.05) is 14.2 Å². The summed E-state index contributed by atoms with van der Waals surface area (Å²) in [6, 6.07) is 14.8. The maximum Gasteiger partial charge on any atom is 0.336 e. The average Bonchev–Trinajstić information content (AvgIpc) is 2.48. The lowest BCUT2D eigenvalue weighted by atomic mass is 9.98. The molecule has 4 nitrogen and oxygen atoms in total. The highest BCUT2D eigenvalue weighted by Gasteiger charge is 2.16. The Balaban J connectivity index is 0.000000612. The van der Waals surface area contributed by atoms with E-state index in [0.29, 0.717) is 5.56 Å². The van der Waals surface area contributed by atoms with E-state index < -0.39 is 5.97 Å². The fourth-order valence-corrected chi connectivity index (χ4v) is 1.61.